The molecule has 1 aliphatic heterocycles. The van der Waals surface area contributed by atoms with Gasteiger partial charge in [-0.15, -0.1) is 16.9 Å². The molecule has 1 aromatic heterocycles. The van der Waals surface area contributed by atoms with E-state index in [2.05, 4.69) is 29.4 Å². The first kappa shape index (κ1) is 20.2. The summed E-state index contributed by atoms with van der Waals surface area (Å²) in [6.45, 7) is 4.67. The van der Waals surface area contributed by atoms with Crippen LogP contribution in [0.4, 0.5) is 11.7 Å². The van der Waals surface area contributed by atoms with E-state index in [0.717, 1.165) is 10.6 Å². The van der Waals surface area contributed by atoms with Crippen LogP contribution in [0.15, 0.2) is 63.9 Å². The fourth-order valence-electron chi connectivity index (χ4n) is 3.33. The molecule has 1 aliphatic rings. The predicted octanol–water partition coefficient (Wildman–Crippen LogP) is 4.34. The third-order valence-corrected chi connectivity index (χ3v) is 5.67. The van der Waals surface area contributed by atoms with E-state index in [4.69, 9.17) is 4.42 Å². The van der Waals surface area contributed by atoms with Gasteiger partial charge in [-0.2, -0.15) is 0 Å². The Morgan fingerprint density at radius 3 is 2.73 bits per heavy atom. The number of carbonyl (C=O) groups is 2. The van der Waals surface area contributed by atoms with E-state index < -0.39 is 0 Å². The molecule has 1 saturated heterocycles. The number of carbonyl (C=O) groups excluding carboxylic acids is 2. The van der Waals surface area contributed by atoms with Crippen LogP contribution >= 0.6 is 11.8 Å². The summed E-state index contributed by atoms with van der Waals surface area (Å²) >= 11 is 1.69. The molecule has 1 unspecified atom stereocenters. The molecule has 0 saturated carbocycles. The predicted molar refractivity (Wildman–Crippen MR) is 116 cm³/mol. The molecular weight excluding hydrogens is 400 g/mol. The standard InChI is InChI=1S/C22H22N4O3S/c1-14(2)30-18-10-6-7-15(11-18)20(28)23-22-25-24-21(29-22)16-12-19(27)26(13-16)17-8-4-3-5-9-17/h3-11,14,16H,12-13H2,1-2H3,(H,23,25,28). The molecule has 4 rings (SSSR count). The lowest BCUT2D eigenvalue weighted by atomic mass is 10.1. The lowest BCUT2D eigenvalue weighted by molar-refractivity contribution is -0.117. The summed E-state index contributed by atoms with van der Waals surface area (Å²) in [5.41, 5.74) is 1.36. The third kappa shape index (κ3) is 4.54. The van der Waals surface area contributed by atoms with Gasteiger partial charge in [0.15, 0.2) is 0 Å². The van der Waals surface area contributed by atoms with E-state index >= 15 is 0 Å². The van der Waals surface area contributed by atoms with Crippen molar-refractivity contribution in [2.45, 2.75) is 36.3 Å². The van der Waals surface area contributed by atoms with Gasteiger partial charge >= 0.3 is 6.01 Å². The average molecular weight is 423 g/mol. The van der Waals surface area contributed by atoms with Gasteiger partial charge < -0.3 is 9.32 Å². The number of nitrogens with one attached hydrogen (secondary N) is 1. The number of anilines is 2. The Kier molecular flexibility index (Phi) is 5.85. The normalized spacial score (nSPS) is 16.3. The number of amides is 2. The van der Waals surface area contributed by atoms with Crippen molar-refractivity contribution < 1.29 is 14.0 Å². The van der Waals surface area contributed by atoms with Gasteiger partial charge in [-0.05, 0) is 30.3 Å². The second kappa shape index (κ2) is 8.71. The van der Waals surface area contributed by atoms with Gasteiger partial charge in [0.1, 0.15) is 0 Å². The van der Waals surface area contributed by atoms with E-state index in [1.54, 1.807) is 22.7 Å². The van der Waals surface area contributed by atoms with Crippen LogP contribution in [0.3, 0.4) is 0 Å². The van der Waals surface area contributed by atoms with Crippen LogP contribution in [0.25, 0.3) is 0 Å². The summed E-state index contributed by atoms with van der Waals surface area (Å²) in [4.78, 5) is 27.7. The van der Waals surface area contributed by atoms with E-state index in [1.165, 1.54) is 0 Å². The van der Waals surface area contributed by atoms with Crippen LogP contribution in [0.2, 0.25) is 0 Å². The van der Waals surface area contributed by atoms with Crippen molar-refractivity contribution in [2.24, 2.45) is 0 Å². The Morgan fingerprint density at radius 1 is 1.17 bits per heavy atom. The largest absolute Gasteiger partial charge is 0.407 e. The molecular formula is C22H22N4O3S. The number of aromatic nitrogens is 2. The maximum atomic E-state index is 12.6. The molecule has 2 heterocycles. The first-order valence-corrected chi connectivity index (χ1v) is 10.6. The third-order valence-electron chi connectivity index (χ3n) is 4.67. The lowest BCUT2D eigenvalue weighted by Crippen LogP contribution is -2.24. The summed E-state index contributed by atoms with van der Waals surface area (Å²) < 4.78 is 5.65. The highest BCUT2D eigenvalue weighted by atomic mass is 32.2. The molecule has 1 atom stereocenters. The molecule has 0 spiro atoms. The molecule has 0 radical (unpaired) electrons. The molecule has 1 fully saturated rings. The number of rotatable bonds is 6. The van der Waals surface area contributed by atoms with E-state index in [-0.39, 0.29) is 23.7 Å². The van der Waals surface area contributed by atoms with Crippen molar-refractivity contribution in [1.29, 1.82) is 0 Å². The summed E-state index contributed by atoms with van der Waals surface area (Å²) in [7, 11) is 0. The van der Waals surface area contributed by atoms with E-state index in [9.17, 15) is 9.59 Å². The van der Waals surface area contributed by atoms with Crippen molar-refractivity contribution in [1.82, 2.24) is 10.2 Å². The second-order valence-corrected chi connectivity index (χ2v) is 8.98. The minimum atomic E-state index is -0.315. The summed E-state index contributed by atoms with van der Waals surface area (Å²) in [5.74, 6) is -0.165. The molecule has 7 nitrogen and oxygen atoms in total. The Balaban J connectivity index is 1.42. The smallest absolute Gasteiger partial charge is 0.322 e. The number of hydrogen-bond acceptors (Lipinski definition) is 6. The van der Waals surface area contributed by atoms with Gasteiger partial charge in [-0.1, -0.05) is 43.2 Å². The zero-order valence-electron chi connectivity index (χ0n) is 16.7. The van der Waals surface area contributed by atoms with Crippen molar-refractivity contribution in [3.8, 4) is 0 Å². The molecule has 8 heteroatoms. The van der Waals surface area contributed by atoms with Gasteiger partial charge in [-0.25, -0.2) is 0 Å². The minimum Gasteiger partial charge on any atom is -0.407 e. The van der Waals surface area contributed by atoms with Crippen molar-refractivity contribution >= 4 is 35.3 Å². The van der Waals surface area contributed by atoms with Gasteiger partial charge in [0.25, 0.3) is 5.91 Å². The van der Waals surface area contributed by atoms with Crippen molar-refractivity contribution in [3.63, 3.8) is 0 Å². The average Bonchev–Trinajstić information content (AvgIpc) is 3.35. The quantitative estimate of drug-likeness (QED) is 0.595. The Hall–Kier alpha value is -3.13. The second-order valence-electron chi connectivity index (χ2n) is 7.33. The molecule has 1 N–H and O–H groups in total. The van der Waals surface area contributed by atoms with Gasteiger partial charge in [0, 0.05) is 34.4 Å². The fourth-order valence-corrected chi connectivity index (χ4v) is 4.23. The summed E-state index contributed by atoms with van der Waals surface area (Å²) in [5, 5.41) is 11.1. The number of thioether (sulfide) groups is 1. The van der Waals surface area contributed by atoms with Crippen LogP contribution < -0.4 is 10.2 Å². The highest BCUT2D eigenvalue weighted by molar-refractivity contribution is 7.99. The highest BCUT2D eigenvalue weighted by Crippen LogP contribution is 2.31. The Bertz CT molecular complexity index is 1050. The molecule has 154 valence electrons. The zero-order chi connectivity index (χ0) is 21.1. The topological polar surface area (TPSA) is 88.3 Å². The molecule has 2 amide bonds. The molecule has 2 aromatic carbocycles. The molecule has 30 heavy (non-hydrogen) atoms. The maximum absolute atomic E-state index is 12.6. The summed E-state index contributed by atoms with van der Waals surface area (Å²) in [6, 6.07) is 16.9. The lowest BCUT2D eigenvalue weighted by Gasteiger charge is -2.15. The highest BCUT2D eigenvalue weighted by Gasteiger charge is 2.35. The number of para-hydroxylation sites is 1. The van der Waals surface area contributed by atoms with Crippen molar-refractivity contribution in [3.05, 3.63) is 66.1 Å². The van der Waals surface area contributed by atoms with E-state index in [1.807, 2.05) is 48.5 Å². The molecule has 0 bridgehead atoms. The number of hydrogen-bond donors (Lipinski definition) is 1. The monoisotopic (exact) mass is 422 g/mol. The molecule has 0 aliphatic carbocycles. The minimum absolute atomic E-state index is 0.00875. The first-order valence-electron chi connectivity index (χ1n) is 9.76. The molecule has 3 aromatic rings. The first-order chi connectivity index (χ1) is 14.5. The summed E-state index contributed by atoms with van der Waals surface area (Å²) in [6.07, 6.45) is 0.291. The Morgan fingerprint density at radius 2 is 1.97 bits per heavy atom. The fraction of sp³-hybridized carbons (Fsp3) is 0.273. The van der Waals surface area contributed by atoms with Crippen LogP contribution in [-0.4, -0.2) is 33.8 Å². The van der Waals surface area contributed by atoms with Gasteiger partial charge in [0.2, 0.25) is 11.8 Å². The van der Waals surface area contributed by atoms with Crippen LogP contribution in [0.1, 0.15) is 42.4 Å². The SMILES string of the molecule is CC(C)Sc1cccc(C(=O)Nc2nnc(C3CC(=O)N(c4ccccc4)C3)o2)c1. The van der Waals surface area contributed by atoms with Crippen LogP contribution in [0, 0.1) is 0 Å². The number of nitrogens with zero attached hydrogens (tertiary/aromatic N) is 3. The van der Waals surface area contributed by atoms with Crippen molar-refractivity contribution in [2.75, 3.05) is 16.8 Å². The van der Waals surface area contributed by atoms with Gasteiger partial charge in [-0.3, -0.25) is 14.9 Å². The number of benzene rings is 2. The van der Waals surface area contributed by atoms with E-state index in [0.29, 0.717) is 29.7 Å². The maximum Gasteiger partial charge on any atom is 0.322 e. The van der Waals surface area contributed by atoms with Crippen LogP contribution in [0.5, 0.6) is 0 Å². The van der Waals surface area contributed by atoms with Gasteiger partial charge in [0.05, 0.1) is 5.92 Å². The Labute approximate surface area is 178 Å². The zero-order valence-corrected chi connectivity index (χ0v) is 17.6. The van der Waals surface area contributed by atoms with Crippen LogP contribution in [-0.2, 0) is 4.79 Å².